The van der Waals surface area contributed by atoms with Crippen LogP contribution in [0.25, 0.3) is 0 Å². The van der Waals surface area contributed by atoms with Crippen LogP contribution >= 0.6 is 7.82 Å². The molecule has 30 heavy (non-hydrogen) atoms. The standard InChI is InChI=1S/C17H26N3O9P/c1-10(2)27-13(22)5-4-8-25-30(24)26-9-11-14(29-30)17(3,18)15(28-11)20-7-6-12(21)19-16(20)23/h6-7,10-11,14-15H,4-5,8-9,18H2,1-3H3,(H,19,21,23)/t11-,14-,15-,17-,30?/m1/s1. The van der Waals surface area contributed by atoms with E-state index in [1.54, 1.807) is 20.8 Å². The number of carbonyl (C=O) groups excluding carboxylic acids is 1. The van der Waals surface area contributed by atoms with Gasteiger partial charge in [-0.1, -0.05) is 0 Å². The Kier molecular flexibility index (Phi) is 6.66. The summed E-state index contributed by atoms with van der Waals surface area (Å²) < 4.78 is 40.9. The maximum atomic E-state index is 12.8. The lowest BCUT2D eigenvalue weighted by molar-refractivity contribution is -0.147. The van der Waals surface area contributed by atoms with E-state index in [4.69, 9.17) is 28.8 Å². The van der Waals surface area contributed by atoms with Crippen LogP contribution in [0.5, 0.6) is 0 Å². The van der Waals surface area contributed by atoms with E-state index in [9.17, 15) is 18.9 Å². The molecule has 0 radical (unpaired) electrons. The minimum atomic E-state index is -3.95. The van der Waals surface area contributed by atoms with Crippen LogP contribution in [-0.4, -0.2) is 52.6 Å². The van der Waals surface area contributed by atoms with Gasteiger partial charge in [0.25, 0.3) is 5.56 Å². The van der Waals surface area contributed by atoms with Gasteiger partial charge in [-0.15, -0.1) is 0 Å². The van der Waals surface area contributed by atoms with E-state index in [0.717, 1.165) is 4.57 Å². The van der Waals surface area contributed by atoms with Gasteiger partial charge < -0.3 is 15.2 Å². The molecular formula is C17H26N3O9P. The maximum Gasteiger partial charge on any atom is 0.475 e. The highest BCUT2D eigenvalue weighted by Crippen LogP contribution is 2.58. The van der Waals surface area contributed by atoms with Crippen LogP contribution in [0.15, 0.2) is 21.9 Å². The van der Waals surface area contributed by atoms with Gasteiger partial charge in [0, 0.05) is 18.7 Å². The lowest BCUT2D eigenvalue weighted by Gasteiger charge is -2.35. The smallest absolute Gasteiger partial charge is 0.463 e. The zero-order chi connectivity index (χ0) is 22.1. The number of fused-ring (bicyclic) bond motifs is 1. The van der Waals surface area contributed by atoms with Crippen LogP contribution in [-0.2, 0) is 32.4 Å². The van der Waals surface area contributed by atoms with Gasteiger partial charge in [-0.25, -0.2) is 9.36 Å². The van der Waals surface area contributed by atoms with Crippen LogP contribution in [0.2, 0.25) is 0 Å². The van der Waals surface area contributed by atoms with Crippen LogP contribution in [0.1, 0.15) is 39.8 Å². The van der Waals surface area contributed by atoms with Crippen molar-refractivity contribution in [3.05, 3.63) is 33.1 Å². The van der Waals surface area contributed by atoms with Crippen molar-refractivity contribution in [3.63, 3.8) is 0 Å². The number of rotatable bonds is 7. The molecule has 5 atom stereocenters. The molecule has 1 aromatic heterocycles. The average molecular weight is 447 g/mol. The molecule has 2 fully saturated rings. The van der Waals surface area contributed by atoms with Crippen LogP contribution < -0.4 is 17.0 Å². The largest absolute Gasteiger partial charge is 0.475 e. The van der Waals surface area contributed by atoms with Crippen LogP contribution in [0.3, 0.4) is 0 Å². The molecule has 12 nitrogen and oxygen atoms in total. The molecule has 0 spiro atoms. The lowest BCUT2D eigenvalue weighted by atomic mass is 9.93. The van der Waals surface area contributed by atoms with Crippen molar-refractivity contribution in [3.8, 4) is 0 Å². The Bertz CT molecular complexity index is 941. The first-order valence-corrected chi connectivity index (χ1v) is 11.0. The zero-order valence-electron chi connectivity index (χ0n) is 16.9. The fraction of sp³-hybridized carbons (Fsp3) is 0.706. The monoisotopic (exact) mass is 447 g/mol. The summed E-state index contributed by atoms with van der Waals surface area (Å²) in [5.74, 6) is -0.384. The molecule has 0 aliphatic carbocycles. The summed E-state index contributed by atoms with van der Waals surface area (Å²) in [7, 11) is -3.95. The number of nitrogens with one attached hydrogen (secondary N) is 1. The third-order valence-corrected chi connectivity index (χ3v) is 6.12. The first kappa shape index (κ1) is 22.9. The Hall–Kier alpha value is -1.82. The Labute approximate surface area is 172 Å². The summed E-state index contributed by atoms with van der Waals surface area (Å²) in [4.78, 5) is 37.1. The van der Waals surface area contributed by atoms with Gasteiger partial charge in [-0.2, -0.15) is 0 Å². The van der Waals surface area contributed by atoms with Crippen molar-refractivity contribution in [1.82, 2.24) is 9.55 Å². The van der Waals surface area contributed by atoms with Gasteiger partial charge in [-0.05, 0) is 27.2 Å². The third kappa shape index (κ3) is 4.90. The van der Waals surface area contributed by atoms with Gasteiger partial charge in [0.15, 0.2) is 6.23 Å². The van der Waals surface area contributed by atoms with Crippen molar-refractivity contribution >= 4 is 13.8 Å². The highest BCUT2D eigenvalue weighted by molar-refractivity contribution is 7.48. The number of aromatic nitrogens is 2. The minimum absolute atomic E-state index is 0.0488. The van der Waals surface area contributed by atoms with E-state index in [1.807, 2.05) is 0 Å². The Morgan fingerprint density at radius 1 is 1.47 bits per heavy atom. The van der Waals surface area contributed by atoms with Gasteiger partial charge in [0.05, 0.1) is 24.9 Å². The molecule has 0 bridgehead atoms. The first-order chi connectivity index (χ1) is 14.0. The first-order valence-electron chi connectivity index (χ1n) is 9.54. The van der Waals surface area contributed by atoms with Crippen LogP contribution in [0.4, 0.5) is 0 Å². The number of esters is 1. The molecule has 13 heteroatoms. The van der Waals surface area contributed by atoms with Crippen molar-refractivity contribution in [2.45, 2.75) is 63.7 Å². The second-order valence-electron chi connectivity index (χ2n) is 7.65. The number of ether oxygens (including phenoxy) is 2. The molecule has 1 unspecified atom stereocenters. The van der Waals surface area contributed by atoms with E-state index in [-0.39, 0.29) is 38.1 Å². The Morgan fingerprint density at radius 3 is 2.87 bits per heavy atom. The summed E-state index contributed by atoms with van der Waals surface area (Å²) in [6.45, 7) is 4.90. The molecule has 2 aliphatic heterocycles. The predicted molar refractivity (Wildman–Crippen MR) is 103 cm³/mol. The van der Waals surface area contributed by atoms with Crippen molar-refractivity contribution < 1.29 is 32.4 Å². The summed E-state index contributed by atoms with van der Waals surface area (Å²) >= 11 is 0. The number of nitrogens with zero attached hydrogens (tertiary/aromatic N) is 1. The highest BCUT2D eigenvalue weighted by Gasteiger charge is 2.59. The second-order valence-corrected chi connectivity index (χ2v) is 9.28. The van der Waals surface area contributed by atoms with E-state index in [2.05, 4.69) is 4.98 Å². The zero-order valence-corrected chi connectivity index (χ0v) is 17.8. The van der Waals surface area contributed by atoms with Gasteiger partial charge in [0.1, 0.15) is 12.2 Å². The fourth-order valence-electron chi connectivity index (χ4n) is 3.33. The van der Waals surface area contributed by atoms with E-state index in [1.165, 1.54) is 12.3 Å². The lowest BCUT2D eigenvalue weighted by Crippen LogP contribution is -2.55. The van der Waals surface area contributed by atoms with Crippen molar-refractivity contribution in [1.29, 1.82) is 0 Å². The Morgan fingerprint density at radius 2 is 2.20 bits per heavy atom. The number of hydrogen-bond acceptors (Lipinski definition) is 10. The highest BCUT2D eigenvalue weighted by atomic mass is 31.2. The molecule has 2 saturated heterocycles. The van der Waals surface area contributed by atoms with E-state index < -0.39 is 43.0 Å². The number of carbonyl (C=O) groups is 1. The second kappa shape index (κ2) is 8.74. The molecule has 3 rings (SSSR count). The fourth-order valence-corrected chi connectivity index (χ4v) is 4.85. The van der Waals surface area contributed by atoms with E-state index >= 15 is 0 Å². The van der Waals surface area contributed by atoms with Gasteiger partial charge in [0.2, 0.25) is 0 Å². The van der Waals surface area contributed by atoms with Gasteiger partial charge >= 0.3 is 19.5 Å². The van der Waals surface area contributed by atoms with Crippen LogP contribution in [0, 0.1) is 0 Å². The van der Waals surface area contributed by atoms with Gasteiger partial charge in [-0.3, -0.25) is 32.7 Å². The molecule has 3 heterocycles. The SMILES string of the molecule is CC(C)OC(=O)CCCOP1(=O)OC[C@H]2O[C@@H](n3ccc(=O)[nH]c3=O)[C@](C)(N)[C@@H]2O1. The molecule has 0 aromatic carbocycles. The summed E-state index contributed by atoms with van der Waals surface area (Å²) in [6, 6.07) is 1.17. The molecule has 2 aliphatic rings. The number of hydrogen-bond donors (Lipinski definition) is 2. The molecular weight excluding hydrogens is 421 g/mol. The molecule has 0 saturated carbocycles. The number of H-pyrrole nitrogens is 1. The quantitative estimate of drug-likeness (QED) is 0.340. The number of phosphoric ester groups is 1. The number of aromatic amines is 1. The summed E-state index contributed by atoms with van der Waals surface area (Å²) in [6.07, 6.45) is -1.17. The van der Waals surface area contributed by atoms with Crippen molar-refractivity contribution in [2.24, 2.45) is 5.73 Å². The molecule has 168 valence electrons. The number of phosphoric acid groups is 1. The summed E-state index contributed by atoms with van der Waals surface area (Å²) in [5, 5.41) is 0. The molecule has 3 N–H and O–H groups in total. The third-order valence-electron chi connectivity index (χ3n) is 4.67. The number of nitrogens with two attached hydrogens (primary N) is 1. The van der Waals surface area contributed by atoms with Crippen molar-refractivity contribution in [2.75, 3.05) is 13.2 Å². The maximum absolute atomic E-state index is 12.8. The average Bonchev–Trinajstić information content (AvgIpc) is 2.89. The topological polar surface area (TPSA) is 161 Å². The van der Waals surface area contributed by atoms with E-state index in [0.29, 0.717) is 0 Å². The normalized spacial score (nSPS) is 33.4. The molecule has 0 amide bonds. The molecule has 1 aromatic rings. The Balaban J connectivity index is 1.63. The minimum Gasteiger partial charge on any atom is -0.463 e. The predicted octanol–water partition coefficient (Wildman–Crippen LogP) is 0.423. The summed E-state index contributed by atoms with van der Waals surface area (Å²) in [5.41, 5.74) is 3.85.